The standard InChI is InChI=1S/C10H14N2O5S/c1-10(2,3)12-6(13)5-7(17-9(14)15)11-8(16-4)18-5/h1-4H3,(H,12,13)(H,14,15). The number of thiazole rings is 1. The largest absolute Gasteiger partial charge is 0.512 e. The van der Waals surface area contributed by atoms with E-state index in [0.717, 1.165) is 11.3 Å². The van der Waals surface area contributed by atoms with E-state index >= 15 is 0 Å². The molecule has 0 bridgehead atoms. The lowest BCUT2D eigenvalue weighted by atomic mass is 10.1. The Morgan fingerprint density at radius 3 is 2.44 bits per heavy atom. The Kier molecular flexibility index (Phi) is 4.12. The molecule has 1 rings (SSSR count). The van der Waals surface area contributed by atoms with Gasteiger partial charge in [-0.1, -0.05) is 11.3 Å². The molecule has 8 heteroatoms. The molecule has 100 valence electrons. The van der Waals surface area contributed by atoms with Crippen LogP contribution in [0.3, 0.4) is 0 Å². The Morgan fingerprint density at radius 1 is 1.39 bits per heavy atom. The molecule has 2 N–H and O–H groups in total. The van der Waals surface area contributed by atoms with Crippen molar-refractivity contribution < 1.29 is 24.2 Å². The van der Waals surface area contributed by atoms with Gasteiger partial charge in [-0.3, -0.25) is 4.79 Å². The summed E-state index contributed by atoms with van der Waals surface area (Å²) in [5.74, 6) is -0.731. The molecule has 0 aliphatic carbocycles. The molecule has 0 aliphatic heterocycles. The van der Waals surface area contributed by atoms with Crippen LogP contribution in [0.1, 0.15) is 30.4 Å². The summed E-state index contributed by atoms with van der Waals surface area (Å²) < 4.78 is 9.29. The molecule has 0 aromatic carbocycles. The normalized spacial score (nSPS) is 10.9. The van der Waals surface area contributed by atoms with E-state index < -0.39 is 17.6 Å². The van der Waals surface area contributed by atoms with Crippen LogP contribution >= 0.6 is 11.3 Å². The van der Waals surface area contributed by atoms with Crippen molar-refractivity contribution in [1.82, 2.24) is 10.3 Å². The number of methoxy groups -OCH3 is 1. The number of rotatable bonds is 3. The fourth-order valence-electron chi connectivity index (χ4n) is 1.07. The SMILES string of the molecule is COc1nc(OC(=O)O)c(C(=O)NC(C)(C)C)s1. The van der Waals surface area contributed by atoms with Crippen LogP contribution < -0.4 is 14.8 Å². The molecule has 1 amide bonds. The van der Waals surface area contributed by atoms with Gasteiger partial charge >= 0.3 is 6.16 Å². The Labute approximate surface area is 108 Å². The van der Waals surface area contributed by atoms with Gasteiger partial charge in [-0.15, -0.1) is 0 Å². The molecular weight excluding hydrogens is 260 g/mol. The van der Waals surface area contributed by atoms with Crippen molar-refractivity contribution in [3.05, 3.63) is 4.88 Å². The van der Waals surface area contributed by atoms with Crippen molar-refractivity contribution in [2.75, 3.05) is 7.11 Å². The molecule has 1 aromatic heterocycles. The predicted octanol–water partition coefficient (Wildman–Crippen LogP) is 1.74. The van der Waals surface area contributed by atoms with Crippen LogP contribution in [0.25, 0.3) is 0 Å². The molecule has 0 atom stereocenters. The second-order valence-electron chi connectivity index (χ2n) is 4.39. The van der Waals surface area contributed by atoms with Crippen molar-refractivity contribution in [2.45, 2.75) is 26.3 Å². The highest BCUT2D eigenvalue weighted by Crippen LogP contribution is 2.30. The first-order valence-corrected chi connectivity index (χ1v) is 5.82. The third-order valence-corrected chi connectivity index (χ3v) is 2.63. The van der Waals surface area contributed by atoms with E-state index in [2.05, 4.69) is 15.0 Å². The number of ether oxygens (including phenoxy) is 2. The van der Waals surface area contributed by atoms with Gasteiger partial charge in [-0.05, 0) is 20.8 Å². The van der Waals surface area contributed by atoms with Crippen molar-refractivity contribution in [3.8, 4) is 11.1 Å². The first kappa shape index (κ1) is 14.2. The van der Waals surface area contributed by atoms with Crippen LogP contribution in [0.2, 0.25) is 0 Å². The highest BCUT2D eigenvalue weighted by atomic mass is 32.1. The topological polar surface area (TPSA) is 97.8 Å². The number of nitrogens with one attached hydrogen (secondary N) is 1. The van der Waals surface area contributed by atoms with Crippen LogP contribution in [0, 0.1) is 0 Å². The fraction of sp³-hybridized carbons (Fsp3) is 0.500. The van der Waals surface area contributed by atoms with Crippen LogP contribution in [0.4, 0.5) is 4.79 Å². The van der Waals surface area contributed by atoms with Crippen LogP contribution in [-0.4, -0.2) is 34.8 Å². The summed E-state index contributed by atoms with van der Waals surface area (Å²) in [6.45, 7) is 5.42. The Morgan fingerprint density at radius 2 is 2.00 bits per heavy atom. The van der Waals surface area contributed by atoms with Gasteiger partial charge in [0.05, 0.1) is 7.11 Å². The highest BCUT2D eigenvalue weighted by molar-refractivity contribution is 7.15. The zero-order valence-electron chi connectivity index (χ0n) is 10.4. The van der Waals surface area contributed by atoms with E-state index in [1.807, 2.05) is 0 Å². The van der Waals surface area contributed by atoms with Crippen molar-refractivity contribution in [2.24, 2.45) is 0 Å². The fourth-order valence-corrected chi connectivity index (χ4v) is 1.77. The Balaban J connectivity index is 3.02. The van der Waals surface area contributed by atoms with Crippen LogP contribution in [-0.2, 0) is 0 Å². The van der Waals surface area contributed by atoms with Gasteiger partial charge in [0.15, 0.2) is 4.88 Å². The minimum atomic E-state index is -1.53. The second-order valence-corrected chi connectivity index (χ2v) is 5.35. The van der Waals surface area contributed by atoms with Gasteiger partial charge in [-0.25, -0.2) is 4.79 Å². The predicted molar refractivity (Wildman–Crippen MR) is 64.5 cm³/mol. The molecule has 0 saturated heterocycles. The second kappa shape index (κ2) is 5.21. The van der Waals surface area contributed by atoms with E-state index in [4.69, 9.17) is 9.84 Å². The number of carboxylic acid groups (broad SMARTS) is 1. The maximum atomic E-state index is 11.9. The highest BCUT2D eigenvalue weighted by Gasteiger charge is 2.25. The van der Waals surface area contributed by atoms with E-state index in [0.29, 0.717) is 0 Å². The van der Waals surface area contributed by atoms with Gasteiger partial charge in [0.1, 0.15) is 0 Å². The molecule has 0 aliphatic rings. The van der Waals surface area contributed by atoms with Crippen LogP contribution in [0.15, 0.2) is 0 Å². The quantitative estimate of drug-likeness (QED) is 0.815. The van der Waals surface area contributed by atoms with E-state index in [1.54, 1.807) is 20.8 Å². The lowest BCUT2D eigenvalue weighted by Gasteiger charge is -2.19. The minimum Gasteiger partial charge on any atom is -0.473 e. The van der Waals surface area contributed by atoms with Crippen LogP contribution in [0.5, 0.6) is 11.1 Å². The van der Waals surface area contributed by atoms with E-state index in [1.165, 1.54) is 7.11 Å². The third kappa shape index (κ3) is 3.88. The molecule has 0 fully saturated rings. The first-order valence-electron chi connectivity index (χ1n) is 5.01. The number of carbonyl (C=O) groups is 2. The van der Waals surface area contributed by atoms with Crippen molar-refractivity contribution >= 4 is 23.4 Å². The summed E-state index contributed by atoms with van der Waals surface area (Å²) in [6.07, 6.45) is -1.53. The van der Waals surface area contributed by atoms with E-state index in [-0.39, 0.29) is 16.0 Å². The Hall–Kier alpha value is -1.83. The number of carbonyl (C=O) groups excluding carboxylic acids is 1. The van der Waals surface area contributed by atoms with Gasteiger partial charge in [-0.2, -0.15) is 4.98 Å². The smallest absolute Gasteiger partial charge is 0.473 e. The number of nitrogens with zero attached hydrogens (tertiary/aromatic N) is 1. The molecule has 0 spiro atoms. The Bertz CT molecular complexity index is 463. The number of hydrogen-bond acceptors (Lipinski definition) is 6. The van der Waals surface area contributed by atoms with Crippen molar-refractivity contribution in [3.63, 3.8) is 0 Å². The molecule has 1 heterocycles. The number of hydrogen-bond donors (Lipinski definition) is 2. The maximum Gasteiger partial charge on any atom is 0.512 e. The molecule has 0 unspecified atom stereocenters. The zero-order valence-corrected chi connectivity index (χ0v) is 11.3. The monoisotopic (exact) mass is 274 g/mol. The average Bonchev–Trinajstić information content (AvgIpc) is 2.57. The maximum absolute atomic E-state index is 11.9. The molecule has 0 radical (unpaired) electrons. The lowest BCUT2D eigenvalue weighted by Crippen LogP contribution is -2.40. The number of amides is 1. The lowest BCUT2D eigenvalue weighted by molar-refractivity contribution is 0.0919. The number of aromatic nitrogens is 1. The molecule has 0 saturated carbocycles. The zero-order chi connectivity index (χ0) is 13.9. The molecule has 7 nitrogen and oxygen atoms in total. The van der Waals surface area contributed by atoms with Gasteiger partial charge in [0, 0.05) is 5.54 Å². The molecular formula is C10H14N2O5S. The average molecular weight is 274 g/mol. The van der Waals surface area contributed by atoms with Gasteiger partial charge in [0.2, 0.25) is 0 Å². The summed E-state index contributed by atoms with van der Waals surface area (Å²) in [4.78, 5) is 26.2. The molecule has 1 aromatic rings. The van der Waals surface area contributed by atoms with E-state index in [9.17, 15) is 9.59 Å². The summed E-state index contributed by atoms with van der Waals surface area (Å²) in [5.41, 5.74) is -0.450. The summed E-state index contributed by atoms with van der Waals surface area (Å²) in [5, 5.41) is 11.4. The summed E-state index contributed by atoms with van der Waals surface area (Å²) >= 11 is 0.917. The van der Waals surface area contributed by atoms with Crippen molar-refractivity contribution in [1.29, 1.82) is 0 Å². The van der Waals surface area contributed by atoms with Gasteiger partial charge in [0.25, 0.3) is 17.0 Å². The first-order chi connectivity index (χ1) is 8.23. The summed E-state index contributed by atoms with van der Waals surface area (Å²) in [7, 11) is 1.37. The summed E-state index contributed by atoms with van der Waals surface area (Å²) in [6, 6.07) is 0. The van der Waals surface area contributed by atoms with Gasteiger partial charge < -0.3 is 19.9 Å². The molecule has 18 heavy (non-hydrogen) atoms. The third-order valence-electron chi connectivity index (χ3n) is 1.63. The minimum absolute atomic E-state index is 0.0594.